The average Bonchev–Trinajstić information content (AvgIpc) is 3.24. The standard InChI is InChI=1S/C22H27ClN4O3S/c1-14-10-19(16(3)27(14)15(2)11-29-5)20(28)13-31-22-25-24-21(26(22)4)12-30-18-8-6-17(23)7-9-18/h6-10,15H,11-13H2,1-5H3. The number of ether oxygens (including phenoxy) is 2. The number of ketones is 1. The Morgan fingerprint density at radius 1 is 1.23 bits per heavy atom. The molecular formula is C22H27ClN4O3S. The molecule has 31 heavy (non-hydrogen) atoms. The predicted molar refractivity (Wildman–Crippen MR) is 122 cm³/mol. The molecule has 0 aliphatic carbocycles. The molecule has 9 heteroatoms. The molecule has 3 rings (SSSR count). The van der Waals surface area contributed by atoms with Crippen LogP contribution in [-0.4, -0.2) is 44.6 Å². The molecule has 3 aromatic rings. The molecule has 0 saturated heterocycles. The van der Waals surface area contributed by atoms with Crippen LogP contribution in [0, 0.1) is 13.8 Å². The van der Waals surface area contributed by atoms with Crippen LogP contribution in [0.25, 0.3) is 0 Å². The Kier molecular flexibility index (Phi) is 7.80. The first-order valence-electron chi connectivity index (χ1n) is 9.91. The Hall–Kier alpha value is -2.29. The van der Waals surface area contributed by atoms with Crippen LogP contribution in [0.5, 0.6) is 5.75 Å². The summed E-state index contributed by atoms with van der Waals surface area (Å²) in [7, 11) is 3.55. The zero-order valence-electron chi connectivity index (χ0n) is 18.4. The van der Waals surface area contributed by atoms with E-state index in [0.29, 0.717) is 28.4 Å². The van der Waals surface area contributed by atoms with Crippen molar-refractivity contribution in [2.75, 3.05) is 19.5 Å². The molecule has 0 N–H and O–H groups in total. The Balaban J connectivity index is 1.62. The SMILES string of the molecule is COCC(C)n1c(C)cc(C(=O)CSc2nnc(COc3ccc(Cl)cc3)n2C)c1C. The molecule has 0 spiro atoms. The first-order valence-corrected chi connectivity index (χ1v) is 11.3. The van der Waals surface area contributed by atoms with Gasteiger partial charge >= 0.3 is 0 Å². The Morgan fingerprint density at radius 2 is 1.94 bits per heavy atom. The fraction of sp³-hybridized carbons (Fsp3) is 0.409. The van der Waals surface area contributed by atoms with Gasteiger partial charge < -0.3 is 18.6 Å². The van der Waals surface area contributed by atoms with E-state index in [2.05, 4.69) is 21.7 Å². The minimum atomic E-state index is 0.0657. The zero-order valence-corrected chi connectivity index (χ0v) is 20.0. The maximum atomic E-state index is 12.9. The Morgan fingerprint density at radius 3 is 2.61 bits per heavy atom. The molecule has 166 valence electrons. The highest BCUT2D eigenvalue weighted by Crippen LogP contribution is 2.24. The number of carbonyl (C=O) groups is 1. The maximum Gasteiger partial charge on any atom is 0.191 e. The van der Waals surface area contributed by atoms with Crippen molar-refractivity contribution >= 4 is 29.1 Å². The lowest BCUT2D eigenvalue weighted by Gasteiger charge is -2.17. The minimum absolute atomic E-state index is 0.0657. The van der Waals surface area contributed by atoms with Gasteiger partial charge in [-0.05, 0) is 51.1 Å². The molecule has 0 aliphatic heterocycles. The van der Waals surface area contributed by atoms with Crippen LogP contribution in [-0.2, 0) is 18.4 Å². The van der Waals surface area contributed by atoms with E-state index in [1.54, 1.807) is 31.4 Å². The van der Waals surface area contributed by atoms with Crippen LogP contribution in [0.1, 0.15) is 40.5 Å². The highest BCUT2D eigenvalue weighted by Gasteiger charge is 2.20. The van der Waals surface area contributed by atoms with E-state index in [9.17, 15) is 4.79 Å². The largest absolute Gasteiger partial charge is 0.486 e. The van der Waals surface area contributed by atoms with Gasteiger partial charge in [-0.3, -0.25) is 4.79 Å². The van der Waals surface area contributed by atoms with Gasteiger partial charge in [0.05, 0.1) is 18.4 Å². The van der Waals surface area contributed by atoms with E-state index in [1.165, 1.54) is 11.8 Å². The maximum absolute atomic E-state index is 12.9. The molecule has 2 aromatic heterocycles. The Bertz CT molecular complexity index is 1050. The molecule has 2 heterocycles. The van der Waals surface area contributed by atoms with Crippen LogP contribution >= 0.6 is 23.4 Å². The average molecular weight is 463 g/mol. The third kappa shape index (κ3) is 5.50. The molecule has 7 nitrogen and oxygen atoms in total. The van der Waals surface area contributed by atoms with Gasteiger partial charge in [-0.15, -0.1) is 10.2 Å². The molecule has 0 bridgehead atoms. The van der Waals surface area contributed by atoms with E-state index in [4.69, 9.17) is 21.1 Å². The normalized spacial score (nSPS) is 12.2. The summed E-state index contributed by atoms with van der Waals surface area (Å²) in [5.41, 5.74) is 2.75. The van der Waals surface area contributed by atoms with Crippen LogP contribution in [0.3, 0.4) is 0 Å². The Labute approximate surface area is 191 Å². The number of Topliss-reactive ketones (excluding diaryl/α,β-unsaturated/α-hetero) is 1. The number of methoxy groups -OCH3 is 1. The lowest BCUT2D eigenvalue weighted by atomic mass is 10.2. The molecule has 0 aliphatic rings. The van der Waals surface area contributed by atoms with Crippen LogP contribution < -0.4 is 4.74 Å². The van der Waals surface area contributed by atoms with Crippen molar-refractivity contribution in [3.8, 4) is 5.75 Å². The molecule has 0 radical (unpaired) electrons. The van der Waals surface area contributed by atoms with Gasteiger partial charge in [0.2, 0.25) is 0 Å². The summed E-state index contributed by atoms with van der Waals surface area (Å²) < 4.78 is 15.0. The lowest BCUT2D eigenvalue weighted by Crippen LogP contribution is -2.14. The van der Waals surface area contributed by atoms with Crippen molar-refractivity contribution in [3.05, 3.63) is 58.1 Å². The summed E-state index contributed by atoms with van der Waals surface area (Å²) >= 11 is 7.26. The second-order valence-electron chi connectivity index (χ2n) is 7.37. The minimum Gasteiger partial charge on any atom is -0.486 e. The van der Waals surface area contributed by atoms with Crippen molar-refractivity contribution in [2.45, 2.75) is 38.6 Å². The van der Waals surface area contributed by atoms with Crippen molar-refractivity contribution in [1.29, 1.82) is 0 Å². The van der Waals surface area contributed by atoms with Gasteiger partial charge in [0.15, 0.2) is 16.8 Å². The molecule has 0 amide bonds. The molecule has 0 saturated carbocycles. The summed E-state index contributed by atoms with van der Waals surface area (Å²) in [6.07, 6.45) is 0. The van der Waals surface area contributed by atoms with Gasteiger partial charge in [0.1, 0.15) is 12.4 Å². The van der Waals surface area contributed by atoms with Gasteiger partial charge in [-0.2, -0.15) is 0 Å². The third-order valence-electron chi connectivity index (χ3n) is 5.07. The highest BCUT2D eigenvalue weighted by molar-refractivity contribution is 7.99. The summed E-state index contributed by atoms with van der Waals surface area (Å²) in [6.45, 7) is 6.95. The van der Waals surface area contributed by atoms with Gasteiger partial charge in [-0.1, -0.05) is 23.4 Å². The number of benzene rings is 1. The molecule has 1 aromatic carbocycles. The summed E-state index contributed by atoms with van der Waals surface area (Å²) in [5.74, 6) is 1.73. The van der Waals surface area contributed by atoms with Crippen molar-refractivity contribution in [3.63, 3.8) is 0 Å². The number of hydrogen-bond donors (Lipinski definition) is 0. The number of nitrogens with zero attached hydrogens (tertiary/aromatic N) is 4. The lowest BCUT2D eigenvalue weighted by molar-refractivity contribution is 0.102. The topological polar surface area (TPSA) is 71.2 Å². The smallest absolute Gasteiger partial charge is 0.191 e. The summed E-state index contributed by atoms with van der Waals surface area (Å²) in [6, 6.07) is 9.27. The third-order valence-corrected chi connectivity index (χ3v) is 6.34. The van der Waals surface area contributed by atoms with Crippen molar-refractivity contribution in [1.82, 2.24) is 19.3 Å². The first-order chi connectivity index (χ1) is 14.8. The molecular weight excluding hydrogens is 436 g/mol. The zero-order chi connectivity index (χ0) is 22.5. The second kappa shape index (κ2) is 10.3. The number of thioether (sulfide) groups is 1. The number of carbonyl (C=O) groups excluding carboxylic acids is 1. The van der Waals surface area contributed by atoms with Gasteiger partial charge in [0.25, 0.3) is 0 Å². The fourth-order valence-corrected chi connectivity index (χ4v) is 4.48. The number of aromatic nitrogens is 4. The second-order valence-corrected chi connectivity index (χ2v) is 8.75. The predicted octanol–water partition coefficient (Wildman–Crippen LogP) is 4.65. The fourth-order valence-electron chi connectivity index (χ4n) is 3.54. The number of hydrogen-bond acceptors (Lipinski definition) is 6. The highest BCUT2D eigenvalue weighted by atomic mass is 35.5. The number of aryl methyl sites for hydroxylation is 1. The molecule has 1 unspecified atom stereocenters. The van der Waals surface area contributed by atoms with Crippen LogP contribution in [0.2, 0.25) is 5.02 Å². The van der Waals surface area contributed by atoms with E-state index < -0.39 is 0 Å². The summed E-state index contributed by atoms with van der Waals surface area (Å²) in [4.78, 5) is 12.9. The van der Waals surface area contributed by atoms with Crippen molar-refractivity contribution < 1.29 is 14.3 Å². The summed E-state index contributed by atoms with van der Waals surface area (Å²) in [5, 5.41) is 9.72. The van der Waals surface area contributed by atoms with Crippen LogP contribution in [0.4, 0.5) is 0 Å². The van der Waals surface area contributed by atoms with Gasteiger partial charge in [0, 0.05) is 36.1 Å². The number of rotatable bonds is 10. The van der Waals surface area contributed by atoms with E-state index in [1.807, 2.05) is 31.5 Å². The van der Waals surface area contributed by atoms with Crippen LogP contribution in [0.15, 0.2) is 35.5 Å². The van der Waals surface area contributed by atoms with Crippen molar-refractivity contribution in [2.24, 2.45) is 7.05 Å². The monoisotopic (exact) mass is 462 g/mol. The first kappa shape index (κ1) is 23.4. The van der Waals surface area contributed by atoms with E-state index in [-0.39, 0.29) is 24.2 Å². The number of halogens is 1. The van der Waals surface area contributed by atoms with E-state index in [0.717, 1.165) is 17.0 Å². The quantitative estimate of drug-likeness (QED) is 0.322. The molecule has 0 fully saturated rings. The van der Waals surface area contributed by atoms with E-state index >= 15 is 0 Å². The van der Waals surface area contributed by atoms with Gasteiger partial charge in [-0.25, -0.2) is 0 Å². The molecule has 1 atom stereocenters.